The van der Waals surface area contributed by atoms with Crippen molar-refractivity contribution < 1.29 is 9.13 Å². The second-order valence-electron chi connectivity index (χ2n) is 3.71. The van der Waals surface area contributed by atoms with E-state index in [9.17, 15) is 4.39 Å². The molecule has 1 atom stereocenters. The van der Waals surface area contributed by atoms with E-state index in [0.717, 1.165) is 6.20 Å². The van der Waals surface area contributed by atoms with Crippen LogP contribution in [0.4, 0.5) is 10.3 Å². The Morgan fingerprint density at radius 3 is 3.06 bits per heavy atom. The van der Waals surface area contributed by atoms with E-state index in [1.54, 1.807) is 11.0 Å². The van der Waals surface area contributed by atoms with Gasteiger partial charge in [0.15, 0.2) is 0 Å². The zero-order valence-electron chi connectivity index (χ0n) is 10.0. The lowest BCUT2D eigenvalue weighted by molar-refractivity contribution is 0.367. The quantitative estimate of drug-likeness (QED) is 0.844. The fourth-order valence-electron chi connectivity index (χ4n) is 1.44. The number of nitrogens with zero attached hydrogens (tertiary/aromatic N) is 5. The van der Waals surface area contributed by atoms with Crippen LogP contribution in [-0.4, -0.2) is 37.9 Å². The minimum atomic E-state index is -0.591. The average molecular weight is 252 g/mol. The minimum absolute atomic E-state index is 0.0156. The van der Waals surface area contributed by atoms with Crippen LogP contribution >= 0.6 is 0 Å². The molecule has 0 amide bonds. The lowest BCUT2D eigenvalue weighted by Gasteiger charge is -2.13. The van der Waals surface area contributed by atoms with Gasteiger partial charge in [0.05, 0.1) is 19.9 Å². The van der Waals surface area contributed by atoms with Crippen molar-refractivity contribution >= 4 is 5.95 Å². The van der Waals surface area contributed by atoms with E-state index >= 15 is 0 Å². The molecule has 1 unspecified atom stereocenters. The molecule has 2 rings (SSSR count). The fraction of sp³-hybridized carbons (Fsp3) is 0.400. The third-order valence-corrected chi connectivity index (χ3v) is 2.21. The van der Waals surface area contributed by atoms with Gasteiger partial charge in [0, 0.05) is 6.04 Å². The van der Waals surface area contributed by atoms with Gasteiger partial charge in [-0.15, -0.1) is 0 Å². The summed E-state index contributed by atoms with van der Waals surface area (Å²) >= 11 is 0. The van der Waals surface area contributed by atoms with E-state index in [1.165, 1.54) is 13.4 Å². The third-order valence-electron chi connectivity index (χ3n) is 2.21. The molecule has 0 spiro atoms. The molecule has 2 aromatic rings. The highest BCUT2D eigenvalue weighted by Gasteiger charge is 2.09. The lowest BCUT2D eigenvalue weighted by Crippen LogP contribution is -2.23. The summed E-state index contributed by atoms with van der Waals surface area (Å²) in [6.45, 7) is 2.53. The fourth-order valence-corrected chi connectivity index (χ4v) is 1.44. The number of anilines is 1. The summed E-state index contributed by atoms with van der Waals surface area (Å²) in [5.74, 6) is -0.367. The number of hydrogen-bond donors (Lipinski definition) is 1. The molecule has 0 saturated carbocycles. The van der Waals surface area contributed by atoms with E-state index < -0.39 is 5.82 Å². The van der Waals surface area contributed by atoms with Crippen molar-refractivity contribution in [3.05, 3.63) is 24.7 Å². The Morgan fingerprint density at radius 2 is 2.39 bits per heavy atom. The van der Waals surface area contributed by atoms with Crippen molar-refractivity contribution in [3.63, 3.8) is 0 Å². The first-order valence-corrected chi connectivity index (χ1v) is 5.34. The summed E-state index contributed by atoms with van der Waals surface area (Å²) in [5, 5.41) is 7.01. The SMILES string of the molecule is COc1nc(NC(C)Cn2cncn2)ncc1F. The van der Waals surface area contributed by atoms with Crippen LogP contribution < -0.4 is 10.1 Å². The van der Waals surface area contributed by atoms with Gasteiger partial charge in [-0.3, -0.25) is 4.68 Å². The van der Waals surface area contributed by atoms with Gasteiger partial charge in [-0.1, -0.05) is 0 Å². The number of aromatic nitrogens is 5. The maximum atomic E-state index is 13.1. The predicted octanol–water partition coefficient (Wildman–Crippen LogP) is 0.716. The Morgan fingerprint density at radius 1 is 1.56 bits per heavy atom. The van der Waals surface area contributed by atoms with Crippen LogP contribution in [0.25, 0.3) is 0 Å². The van der Waals surface area contributed by atoms with E-state index in [1.807, 2.05) is 6.92 Å². The Labute approximate surface area is 103 Å². The maximum Gasteiger partial charge on any atom is 0.255 e. The van der Waals surface area contributed by atoms with Gasteiger partial charge >= 0.3 is 0 Å². The molecule has 0 saturated heterocycles. The number of hydrogen-bond acceptors (Lipinski definition) is 6. The summed E-state index contributed by atoms with van der Waals surface area (Å²) in [7, 11) is 1.36. The Hall–Kier alpha value is -2.25. The molecule has 0 radical (unpaired) electrons. The number of nitrogens with one attached hydrogen (secondary N) is 1. The molecule has 7 nitrogen and oxygen atoms in total. The van der Waals surface area contributed by atoms with Gasteiger partial charge in [-0.25, -0.2) is 9.97 Å². The highest BCUT2D eigenvalue weighted by atomic mass is 19.1. The molecule has 8 heteroatoms. The summed E-state index contributed by atoms with van der Waals surface area (Å²) in [6.07, 6.45) is 4.14. The minimum Gasteiger partial charge on any atom is -0.479 e. The predicted molar refractivity (Wildman–Crippen MR) is 61.6 cm³/mol. The highest BCUT2D eigenvalue weighted by molar-refractivity contribution is 5.29. The van der Waals surface area contributed by atoms with E-state index in [-0.39, 0.29) is 11.9 Å². The number of halogens is 1. The van der Waals surface area contributed by atoms with Crippen LogP contribution in [0.1, 0.15) is 6.92 Å². The summed E-state index contributed by atoms with van der Waals surface area (Å²) in [4.78, 5) is 11.6. The van der Waals surface area contributed by atoms with Gasteiger partial charge in [0.1, 0.15) is 12.7 Å². The molecule has 0 aliphatic carbocycles. The maximum absolute atomic E-state index is 13.1. The molecule has 96 valence electrons. The summed E-state index contributed by atoms with van der Waals surface area (Å²) < 4.78 is 19.6. The zero-order chi connectivity index (χ0) is 13.0. The largest absolute Gasteiger partial charge is 0.479 e. The first-order chi connectivity index (χ1) is 8.69. The molecular formula is C10H13FN6O. The van der Waals surface area contributed by atoms with Crippen LogP contribution in [0.15, 0.2) is 18.9 Å². The van der Waals surface area contributed by atoms with E-state index in [4.69, 9.17) is 4.74 Å². The van der Waals surface area contributed by atoms with E-state index in [0.29, 0.717) is 12.5 Å². The van der Waals surface area contributed by atoms with Crippen molar-refractivity contribution in [1.82, 2.24) is 24.7 Å². The van der Waals surface area contributed by atoms with Crippen LogP contribution in [0.2, 0.25) is 0 Å². The normalized spacial score (nSPS) is 12.2. The van der Waals surface area contributed by atoms with Crippen molar-refractivity contribution in [2.45, 2.75) is 19.5 Å². The highest BCUT2D eigenvalue weighted by Crippen LogP contribution is 2.14. The molecule has 18 heavy (non-hydrogen) atoms. The van der Waals surface area contributed by atoms with Crippen LogP contribution in [0, 0.1) is 5.82 Å². The van der Waals surface area contributed by atoms with Gasteiger partial charge in [-0.05, 0) is 6.92 Å². The van der Waals surface area contributed by atoms with Gasteiger partial charge in [0.2, 0.25) is 11.8 Å². The van der Waals surface area contributed by atoms with Gasteiger partial charge in [0.25, 0.3) is 5.88 Å². The average Bonchev–Trinajstić information content (AvgIpc) is 2.84. The van der Waals surface area contributed by atoms with Crippen LogP contribution in [0.3, 0.4) is 0 Å². The molecule has 0 aliphatic rings. The summed E-state index contributed by atoms with van der Waals surface area (Å²) in [6, 6.07) is 0.0156. The monoisotopic (exact) mass is 252 g/mol. The lowest BCUT2D eigenvalue weighted by atomic mass is 10.3. The van der Waals surface area contributed by atoms with Crippen molar-refractivity contribution in [3.8, 4) is 5.88 Å². The number of methoxy groups -OCH3 is 1. The third kappa shape index (κ3) is 2.90. The molecule has 0 aliphatic heterocycles. The topological polar surface area (TPSA) is 77.8 Å². The molecule has 0 bridgehead atoms. The first-order valence-electron chi connectivity index (χ1n) is 5.34. The van der Waals surface area contributed by atoms with Crippen molar-refractivity contribution in [2.24, 2.45) is 0 Å². The summed E-state index contributed by atoms with van der Waals surface area (Å²) in [5.41, 5.74) is 0. The second kappa shape index (κ2) is 5.39. The Bertz CT molecular complexity index is 503. The van der Waals surface area contributed by atoms with Crippen molar-refractivity contribution in [1.29, 1.82) is 0 Å². The molecular weight excluding hydrogens is 239 g/mol. The molecule has 2 heterocycles. The molecule has 2 aromatic heterocycles. The van der Waals surface area contributed by atoms with E-state index in [2.05, 4.69) is 25.4 Å². The van der Waals surface area contributed by atoms with Crippen LogP contribution in [-0.2, 0) is 6.54 Å². The Kier molecular flexibility index (Phi) is 3.66. The van der Waals surface area contributed by atoms with Crippen molar-refractivity contribution in [2.75, 3.05) is 12.4 Å². The second-order valence-corrected chi connectivity index (χ2v) is 3.71. The molecule has 0 fully saturated rings. The number of rotatable bonds is 5. The Balaban J connectivity index is 2.00. The molecule has 1 N–H and O–H groups in total. The smallest absolute Gasteiger partial charge is 0.255 e. The van der Waals surface area contributed by atoms with Crippen LogP contribution in [0.5, 0.6) is 5.88 Å². The van der Waals surface area contributed by atoms with Gasteiger partial charge < -0.3 is 10.1 Å². The zero-order valence-corrected chi connectivity index (χ0v) is 10.0. The molecule has 0 aromatic carbocycles. The number of ether oxygens (including phenoxy) is 1. The first kappa shape index (κ1) is 12.2. The van der Waals surface area contributed by atoms with Gasteiger partial charge in [-0.2, -0.15) is 14.5 Å². The standard InChI is InChI=1S/C10H13FN6O/c1-7(4-17-6-12-5-14-17)15-10-13-3-8(11)9(16-10)18-2/h3,5-7H,4H2,1-2H3,(H,13,15,16).